The van der Waals surface area contributed by atoms with E-state index >= 15 is 0 Å². The van der Waals surface area contributed by atoms with E-state index in [4.69, 9.17) is 4.74 Å². The molecule has 0 aromatic heterocycles. The third-order valence-corrected chi connectivity index (χ3v) is 5.90. The summed E-state index contributed by atoms with van der Waals surface area (Å²) >= 11 is 0. The summed E-state index contributed by atoms with van der Waals surface area (Å²) in [5.74, 6) is -1.35. The van der Waals surface area contributed by atoms with Crippen molar-refractivity contribution in [2.45, 2.75) is 71.4 Å². The van der Waals surface area contributed by atoms with Crippen molar-refractivity contribution < 1.29 is 23.9 Å². The molecule has 8 nitrogen and oxygen atoms in total. The molecule has 31 heavy (non-hydrogen) atoms. The Hall–Kier alpha value is -2.90. The molecule has 4 amide bonds. The summed E-state index contributed by atoms with van der Waals surface area (Å²) in [5.41, 5.74) is 2.15. The van der Waals surface area contributed by atoms with Gasteiger partial charge >= 0.3 is 12.0 Å². The average Bonchev–Trinajstić information content (AvgIpc) is 3.24. The quantitative estimate of drug-likeness (QED) is 0.488. The van der Waals surface area contributed by atoms with E-state index in [2.05, 4.69) is 10.6 Å². The first-order chi connectivity index (χ1) is 14.6. The van der Waals surface area contributed by atoms with Gasteiger partial charge in [0.1, 0.15) is 12.1 Å². The Morgan fingerprint density at radius 3 is 2.61 bits per heavy atom. The van der Waals surface area contributed by atoms with Gasteiger partial charge in [-0.15, -0.1) is 0 Å². The minimum Gasteiger partial charge on any atom is -0.451 e. The fourth-order valence-electron chi connectivity index (χ4n) is 3.95. The molecule has 1 saturated heterocycles. The molecule has 1 aliphatic carbocycles. The van der Waals surface area contributed by atoms with Crippen LogP contribution in [0.1, 0.15) is 58.1 Å². The number of nitrogens with zero attached hydrogens (tertiary/aromatic N) is 1. The molecular formula is C23H31N3O5. The predicted molar refractivity (Wildman–Crippen MR) is 115 cm³/mol. The number of rotatable bonds is 8. The Bertz CT molecular complexity index is 897. The number of carbonyl (C=O) groups excluding carboxylic acids is 4. The van der Waals surface area contributed by atoms with Crippen LogP contribution in [0.5, 0.6) is 0 Å². The molecule has 0 saturated carbocycles. The highest BCUT2D eigenvalue weighted by atomic mass is 16.5. The summed E-state index contributed by atoms with van der Waals surface area (Å²) < 4.78 is 5.18. The molecule has 8 heteroatoms. The van der Waals surface area contributed by atoms with Crippen LogP contribution in [-0.4, -0.2) is 46.9 Å². The Balaban J connectivity index is 1.53. The van der Waals surface area contributed by atoms with Crippen LogP contribution in [0.2, 0.25) is 0 Å². The molecule has 1 fully saturated rings. The molecule has 0 bridgehead atoms. The topological polar surface area (TPSA) is 105 Å². The lowest BCUT2D eigenvalue weighted by Crippen LogP contribution is -2.44. The van der Waals surface area contributed by atoms with Crippen LogP contribution in [0.4, 0.5) is 10.5 Å². The van der Waals surface area contributed by atoms with E-state index in [-0.39, 0.29) is 0 Å². The zero-order valence-corrected chi connectivity index (χ0v) is 18.6. The van der Waals surface area contributed by atoms with Crippen molar-refractivity contribution in [1.82, 2.24) is 10.2 Å². The average molecular weight is 430 g/mol. The molecule has 2 atom stereocenters. The Morgan fingerprint density at radius 2 is 1.90 bits per heavy atom. The number of anilines is 1. The second-order valence-electron chi connectivity index (χ2n) is 9.04. The highest BCUT2D eigenvalue weighted by molar-refractivity contribution is 6.08. The fraction of sp³-hybridized carbons (Fsp3) is 0.565. The molecule has 0 spiro atoms. The molecule has 1 aliphatic heterocycles. The Morgan fingerprint density at radius 1 is 1.19 bits per heavy atom. The van der Waals surface area contributed by atoms with Gasteiger partial charge in [0, 0.05) is 5.69 Å². The van der Waals surface area contributed by atoms with Gasteiger partial charge in [0.05, 0.1) is 0 Å². The van der Waals surface area contributed by atoms with Crippen LogP contribution < -0.4 is 10.6 Å². The predicted octanol–water partition coefficient (Wildman–Crippen LogP) is 2.79. The number of hydrogen-bond donors (Lipinski definition) is 2. The van der Waals surface area contributed by atoms with Gasteiger partial charge < -0.3 is 15.4 Å². The van der Waals surface area contributed by atoms with Gasteiger partial charge in [0.2, 0.25) is 0 Å². The molecule has 3 rings (SSSR count). The van der Waals surface area contributed by atoms with Gasteiger partial charge in [-0.25, -0.2) is 4.79 Å². The number of amides is 4. The fourth-order valence-corrected chi connectivity index (χ4v) is 3.95. The van der Waals surface area contributed by atoms with E-state index in [0.717, 1.165) is 30.6 Å². The van der Waals surface area contributed by atoms with Crippen LogP contribution >= 0.6 is 0 Å². The van der Waals surface area contributed by atoms with Gasteiger partial charge in [-0.05, 0) is 75.1 Å². The molecule has 1 aromatic rings. The highest BCUT2D eigenvalue weighted by Crippen LogP contribution is 2.26. The molecule has 1 aromatic carbocycles. The third-order valence-electron chi connectivity index (χ3n) is 5.90. The smallest absolute Gasteiger partial charge is 0.327 e. The van der Waals surface area contributed by atoms with E-state index < -0.39 is 42.0 Å². The maximum atomic E-state index is 12.7. The lowest BCUT2D eigenvalue weighted by Gasteiger charge is -2.22. The van der Waals surface area contributed by atoms with Crippen LogP contribution in [0.25, 0.3) is 0 Å². The Kier molecular flexibility index (Phi) is 6.67. The summed E-state index contributed by atoms with van der Waals surface area (Å²) in [5, 5.41) is 5.42. The third kappa shape index (κ3) is 5.24. The van der Waals surface area contributed by atoms with Crippen molar-refractivity contribution in [3.8, 4) is 0 Å². The van der Waals surface area contributed by atoms with Crippen LogP contribution in [0.15, 0.2) is 18.2 Å². The maximum Gasteiger partial charge on any atom is 0.327 e. The first kappa shape index (κ1) is 22.8. The summed E-state index contributed by atoms with van der Waals surface area (Å²) in [6.07, 6.45) is 3.35. The van der Waals surface area contributed by atoms with E-state index in [9.17, 15) is 19.2 Å². The number of fused-ring (bicyclic) bond motifs is 1. The molecular weight excluding hydrogens is 398 g/mol. The van der Waals surface area contributed by atoms with E-state index in [0.29, 0.717) is 18.0 Å². The number of aryl methyl sites for hydroxylation is 2. The second kappa shape index (κ2) is 9.08. The lowest BCUT2D eigenvalue weighted by atomic mass is 9.92. The lowest BCUT2D eigenvalue weighted by molar-refractivity contribution is -0.155. The summed E-state index contributed by atoms with van der Waals surface area (Å²) in [6, 6.07) is 5.16. The van der Waals surface area contributed by atoms with Gasteiger partial charge in [0.25, 0.3) is 11.8 Å². The summed E-state index contributed by atoms with van der Waals surface area (Å²) in [6.45, 7) is 6.66. The molecule has 0 unspecified atom stereocenters. The van der Waals surface area contributed by atoms with Crippen molar-refractivity contribution in [2.24, 2.45) is 5.92 Å². The first-order valence-corrected chi connectivity index (χ1v) is 10.9. The zero-order valence-electron chi connectivity index (χ0n) is 18.6. The van der Waals surface area contributed by atoms with Gasteiger partial charge in [-0.1, -0.05) is 19.9 Å². The number of urea groups is 1. The highest BCUT2D eigenvalue weighted by Gasteiger charge is 2.48. The number of hydrogen-bond acceptors (Lipinski definition) is 5. The maximum absolute atomic E-state index is 12.7. The molecule has 2 N–H and O–H groups in total. The largest absolute Gasteiger partial charge is 0.451 e. The van der Waals surface area contributed by atoms with E-state index in [1.165, 1.54) is 18.1 Å². The van der Waals surface area contributed by atoms with Crippen molar-refractivity contribution in [2.75, 3.05) is 11.9 Å². The van der Waals surface area contributed by atoms with E-state index in [1.807, 2.05) is 32.0 Å². The van der Waals surface area contributed by atoms with Crippen molar-refractivity contribution >= 4 is 29.5 Å². The number of benzene rings is 1. The minimum absolute atomic E-state index is 0.380. The normalized spacial score (nSPS) is 21.1. The Labute approximate surface area is 182 Å². The monoisotopic (exact) mass is 429 g/mol. The van der Waals surface area contributed by atoms with E-state index in [1.54, 1.807) is 6.92 Å². The summed E-state index contributed by atoms with van der Waals surface area (Å²) in [4.78, 5) is 50.5. The molecule has 0 radical (unpaired) electrons. The van der Waals surface area contributed by atoms with Crippen molar-refractivity contribution in [3.05, 3.63) is 29.3 Å². The standard InChI is InChI=1S/C23H31N3O5/c1-14(2)10-11-23(4)21(29)26(22(30)25-23)13-19(27)31-15(3)20(28)24-18-9-8-16-6-5-7-17(16)12-18/h8-9,12,14-15H,5-7,10-11,13H2,1-4H3,(H,24,28)(H,25,30)/t15-,23-/m1/s1. The SMILES string of the molecule is CC(C)CC[C@@]1(C)NC(=O)N(CC(=O)O[C@H](C)C(=O)Nc2ccc3c(c2)CCC3)C1=O. The van der Waals surface area contributed by atoms with Gasteiger partial charge in [-0.2, -0.15) is 0 Å². The number of esters is 1. The van der Waals surface area contributed by atoms with Crippen LogP contribution in [0.3, 0.4) is 0 Å². The molecule has 1 heterocycles. The zero-order chi connectivity index (χ0) is 22.8. The second-order valence-corrected chi connectivity index (χ2v) is 9.04. The van der Waals surface area contributed by atoms with Crippen LogP contribution in [0, 0.1) is 5.92 Å². The molecule has 168 valence electrons. The van der Waals surface area contributed by atoms with Gasteiger partial charge in [0.15, 0.2) is 6.10 Å². The first-order valence-electron chi connectivity index (χ1n) is 10.9. The van der Waals surface area contributed by atoms with Crippen LogP contribution in [-0.2, 0) is 32.0 Å². The van der Waals surface area contributed by atoms with Crippen molar-refractivity contribution in [3.63, 3.8) is 0 Å². The number of imide groups is 1. The molecule has 2 aliphatic rings. The number of carbonyl (C=O) groups is 4. The number of nitrogens with one attached hydrogen (secondary N) is 2. The summed E-state index contributed by atoms with van der Waals surface area (Å²) in [7, 11) is 0. The number of ether oxygens (including phenoxy) is 1. The van der Waals surface area contributed by atoms with Crippen molar-refractivity contribution in [1.29, 1.82) is 0 Å². The van der Waals surface area contributed by atoms with Gasteiger partial charge in [-0.3, -0.25) is 19.3 Å². The minimum atomic E-state index is -1.06.